The van der Waals surface area contributed by atoms with E-state index in [2.05, 4.69) is 11.9 Å². The van der Waals surface area contributed by atoms with Crippen LogP contribution in [0.25, 0.3) is 0 Å². The van der Waals surface area contributed by atoms with Gasteiger partial charge in [-0.1, -0.05) is 13.5 Å². The molecule has 0 heterocycles. The summed E-state index contributed by atoms with van der Waals surface area (Å²) in [7, 11) is 1.82. The van der Waals surface area contributed by atoms with Crippen LogP contribution in [0.2, 0.25) is 0 Å². The SMILES string of the molecule is C=C(CC)COc1ccc(F)cc1CNC. The zero-order valence-electron chi connectivity index (χ0n) is 9.85. The summed E-state index contributed by atoms with van der Waals surface area (Å²) in [5.74, 6) is 0.470. The second-order valence-electron chi connectivity index (χ2n) is 3.67. The minimum absolute atomic E-state index is 0.244. The molecule has 0 radical (unpaired) electrons. The van der Waals surface area contributed by atoms with Crippen LogP contribution < -0.4 is 10.1 Å². The second-order valence-corrected chi connectivity index (χ2v) is 3.67. The Morgan fingerprint density at radius 2 is 2.25 bits per heavy atom. The molecule has 0 aliphatic carbocycles. The van der Waals surface area contributed by atoms with E-state index in [1.807, 2.05) is 14.0 Å². The Balaban J connectivity index is 2.73. The van der Waals surface area contributed by atoms with Gasteiger partial charge < -0.3 is 10.1 Å². The maximum atomic E-state index is 13.0. The maximum absolute atomic E-state index is 13.0. The first kappa shape index (κ1) is 12.7. The molecule has 88 valence electrons. The summed E-state index contributed by atoms with van der Waals surface area (Å²) in [6.07, 6.45) is 0.891. The van der Waals surface area contributed by atoms with E-state index in [1.165, 1.54) is 12.1 Å². The number of benzene rings is 1. The van der Waals surface area contributed by atoms with Gasteiger partial charge in [-0.05, 0) is 37.2 Å². The molecule has 0 saturated carbocycles. The molecule has 1 aromatic rings. The van der Waals surface area contributed by atoms with Crippen LogP contribution in [-0.4, -0.2) is 13.7 Å². The lowest BCUT2D eigenvalue weighted by atomic mass is 10.2. The third-order valence-corrected chi connectivity index (χ3v) is 2.32. The van der Waals surface area contributed by atoms with Gasteiger partial charge in [0, 0.05) is 12.1 Å². The fourth-order valence-electron chi connectivity index (χ4n) is 1.30. The summed E-state index contributed by atoms with van der Waals surface area (Å²) in [6, 6.07) is 4.55. The van der Waals surface area contributed by atoms with Crippen LogP contribution in [0.4, 0.5) is 4.39 Å². The molecular weight excluding hydrogens is 205 g/mol. The highest BCUT2D eigenvalue weighted by atomic mass is 19.1. The molecule has 1 N–H and O–H groups in total. The molecule has 0 unspecified atom stereocenters. The Labute approximate surface area is 96.1 Å². The first-order valence-corrected chi connectivity index (χ1v) is 5.39. The van der Waals surface area contributed by atoms with Crippen molar-refractivity contribution < 1.29 is 9.13 Å². The van der Waals surface area contributed by atoms with Crippen molar-refractivity contribution in [2.45, 2.75) is 19.9 Å². The van der Waals surface area contributed by atoms with Crippen molar-refractivity contribution >= 4 is 0 Å². The number of halogens is 1. The van der Waals surface area contributed by atoms with Gasteiger partial charge in [0.15, 0.2) is 0 Å². The van der Waals surface area contributed by atoms with E-state index in [9.17, 15) is 4.39 Å². The second kappa shape index (κ2) is 6.28. The summed E-state index contributed by atoms with van der Waals surface area (Å²) < 4.78 is 18.6. The normalized spacial score (nSPS) is 10.2. The summed E-state index contributed by atoms with van der Waals surface area (Å²) >= 11 is 0. The van der Waals surface area contributed by atoms with E-state index in [1.54, 1.807) is 6.07 Å². The van der Waals surface area contributed by atoms with E-state index in [0.29, 0.717) is 18.9 Å². The van der Waals surface area contributed by atoms with E-state index < -0.39 is 0 Å². The summed E-state index contributed by atoms with van der Waals surface area (Å²) in [5, 5.41) is 2.98. The Kier molecular flexibility index (Phi) is 4.99. The van der Waals surface area contributed by atoms with Crippen molar-refractivity contribution in [3.8, 4) is 5.75 Å². The molecule has 0 aliphatic rings. The van der Waals surface area contributed by atoms with Gasteiger partial charge >= 0.3 is 0 Å². The molecule has 1 aromatic carbocycles. The molecule has 0 saturated heterocycles. The Morgan fingerprint density at radius 1 is 1.50 bits per heavy atom. The van der Waals surface area contributed by atoms with E-state index >= 15 is 0 Å². The van der Waals surface area contributed by atoms with E-state index in [-0.39, 0.29) is 5.82 Å². The first-order chi connectivity index (χ1) is 7.67. The molecule has 0 aromatic heterocycles. The lowest BCUT2D eigenvalue weighted by Crippen LogP contribution is -2.09. The Morgan fingerprint density at radius 3 is 2.88 bits per heavy atom. The molecule has 0 bridgehead atoms. The summed E-state index contributed by atoms with van der Waals surface area (Å²) in [4.78, 5) is 0. The monoisotopic (exact) mass is 223 g/mol. The van der Waals surface area contributed by atoms with Crippen LogP contribution in [0, 0.1) is 5.82 Å². The van der Waals surface area contributed by atoms with E-state index in [4.69, 9.17) is 4.74 Å². The van der Waals surface area contributed by atoms with Crippen LogP contribution in [0.3, 0.4) is 0 Å². The fourth-order valence-corrected chi connectivity index (χ4v) is 1.30. The van der Waals surface area contributed by atoms with Crippen molar-refractivity contribution in [2.75, 3.05) is 13.7 Å². The standard InChI is InChI=1S/C13H18FNO/c1-4-10(2)9-16-13-6-5-12(14)7-11(13)8-15-3/h5-7,15H,2,4,8-9H2,1,3H3. The molecule has 0 atom stereocenters. The smallest absolute Gasteiger partial charge is 0.124 e. The van der Waals surface area contributed by atoms with Gasteiger partial charge in [0.1, 0.15) is 18.2 Å². The van der Waals surface area contributed by atoms with Crippen LogP contribution >= 0.6 is 0 Å². The maximum Gasteiger partial charge on any atom is 0.124 e. The molecule has 0 amide bonds. The number of ether oxygens (including phenoxy) is 1. The predicted octanol–water partition coefficient (Wildman–Crippen LogP) is 2.89. The highest BCUT2D eigenvalue weighted by Gasteiger charge is 2.05. The largest absolute Gasteiger partial charge is 0.489 e. The quantitative estimate of drug-likeness (QED) is 0.749. The molecule has 0 fully saturated rings. The fraction of sp³-hybridized carbons (Fsp3) is 0.385. The van der Waals surface area contributed by atoms with E-state index in [0.717, 1.165) is 17.6 Å². The van der Waals surface area contributed by atoms with Crippen LogP contribution in [0.15, 0.2) is 30.4 Å². The highest BCUT2D eigenvalue weighted by molar-refractivity contribution is 5.34. The first-order valence-electron chi connectivity index (χ1n) is 5.39. The topological polar surface area (TPSA) is 21.3 Å². The van der Waals surface area contributed by atoms with Gasteiger partial charge in [0.2, 0.25) is 0 Å². The number of hydrogen-bond acceptors (Lipinski definition) is 2. The summed E-state index contributed by atoms with van der Waals surface area (Å²) in [5.41, 5.74) is 1.85. The van der Waals surface area contributed by atoms with Crippen LogP contribution in [0.1, 0.15) is 18.9 Å². The molecule has 0 spiro atoms. The van der Waals surface area contributed by atoms with Crippen LogP contribution in [0.5, 0.6) is 5.75 Å². The Bertz CT molecular complexity index is 363. The molecular formula is C13H18FNO. The van der Waals surface area contributed by atoms with Gasteiger partial charge in [0.05, 0.1) is 0 Å². The van der Waals surface area contributed by atoms with Gasteiger partial charge in [-0.3, -0.25) is 0 Å². The average molecular weight is 223 g/mol. The number of nitrogens with one attached hydrogen (secondary N) is 1. The third kappa shape index (κ3) is 3.66. The van der Waals surface area contributed by atoms with Crippen molar-refractivity contribution in [3.05, 3.63) is 41.7 Å². The predicted molar refractivity (Wildman–Crippen MR) is 64.1 cm³/mol. The molecule has 3 heteroatoms. The number of rotatable bonds is 6. The molecule has 16 heavy (non-hydrogen) atoms. The molecule has 0 aliphatic heterocycles. The summed E-state index contributed by atoms with van der Waals surface area (Å²) in [6.45, 7) is 6.97. The van der Waals surface area contributed by atoms with Gasteiger partial charge in [-0.15, -0.1) is 0 Å². The van der Waals surface area contributed by atoms with Crippen molar-refractivity contribution in [3.63, 3.8) is 0 Å². The van der Waals surface area contributed by atoms with Crippen LogP contribution in [-0.2, 0) is 6.54 Å². The minimum Gasteiger partial charge on any atom is -0.489 e. The third-order valence-electron chi connectivity index (χ3n) is 2.32. The molecule has 2 nitrogen and oxygen atoms in total. The minimum atomic E-state index is -0.244. The molecule has 1 rings (SSSR count). The van der Waals surface area contributed by atoms with Crippen molar-refractivity contribution in [1.82, 2.24) is 5.32 Å². The lowest BCUT2D eigenvalue weighted by molar-refractivity contribution is 0.344. The average Bonchev–Trinajstić information content (AvgIpc) is 2.28. The zero-order valence-corrected chi connectivity index (χ0v) is 9.85. The van der Waals surface area contributed by atoms with Gasteiger partial charge in [-0.2, -0.15) is 0 Å². The van der Waals surface area contributed by atoms with Crippen molar-refractivity contribution in [2.24, 2.45) is 0 Å². The lowest BCUT2D eigenvalue weighted by Gasteiger charge is -2.12. The zero-order chi connectivity index (χ0) is 12.0. The number of hydrogen-bond donors (Lipinski definition) is 1. The van der Waals surface area contributed by atoms with Gasteiger partial charge in [0.25, 0.3) is 0 Å². The Hall–Kier alpha value is -1.35. The van der Waals surface area contributed by atoms with Gasteiger partial charge in [-0.25, -0.2) is 4.39 Å². The van der Waals surface area contributed by atoms with Crippen molar-refractivity contribution in [1.29, 1.82) is 0 Å². The highest BCUT2D eigenvalue weighted by Crippen LogP contribution is 2.20.